The van der Waals surface area contributed by atoms with Crippen molar-refractivity contribution in [3.63, 3.8) is 0 Å². The molecule has 0 aliphatic carbocycles. The Balaban J connectivity index is 2.09. The highest BCUT2D eigenvalue weighted by Gasteiger charge is 2.16. The molecule has 2 aromatic rings. The molecule has 1 aromatic heterocycles. The molecule has 0 unspecified atom stereocenters. The van der Waals surface area contributed by atoms with Gasteiger partial charge in [-0.2, -0.15) is 0 Å². The van der Waals surface area contributed by atoms with Crippen LogP contribution in [-0.2, 0) is 10.0 Å². The van der Waals surface area contributed by atoms with Crippen LogP contribution in [0.5, 0.6) is 0 Å². The lowest BCUT2D eigenvalue weighted by Gasteiger charge is -2.13. The maximum absolute atomic E-state index is 12.2. The number of rotatable bonds is 7. The second kappa shape index (κ2) is 7.44. The Morgan fingerprint density at radius 1 is 1.14 bits per heavy atom. The van der Waals surface area contributed by atoms with Gasteiger partial charge in [0, 0.05) is 18.2 Å². The van der Waals surface area contributed by atoms with Gasteiger partial charge in [-0.25, -0.2) is 23.1 Å². The Morgan fingerprint density at radius 2 is 1.77 bits per heavy atom. The Hall–Kier alpha value is -1.83. The van der Waals surface area contributed by atoms with E-state index in [4.69, 9.17) is 0 Å². The van der Waals surface area contributed by atoms with E-state index in [2.05, 4.69) is 20.0 Å². The maximum Gasteiger partial charge on any atom is 0.243 e. The minimum absolute atomic E-state index is 0.0595. The summed E-state index contributed by atoms with van der Waals surface area (Å²) in [6, 6.07) is 9.47. The van der Waals surface area contributed by atoms with Crippen LogP contribution in [0, 0.1) is 0 Å². The molecule has 7 heteroatoms. The van der Waals surface area contributed by atoms with Gasteiger partial charge in [0.1, 0.15) is 4.90 Å². The third-order valence-corrected chi connectivity index (χ3v) is 4.48. The quantitative estimate of drug-likeness (QED) is 0.806. The lowest BCUT2D eigenvalue weighted by Crippen LogP contribution is -2.38. The molecular weight excluding hydrogens is 300 g/mol. The molecule has 22 heavy (non-hydrogen) atoms. The zero-order chi connectivity index (χ0) is 16.0. The normalized spacial score (nSPS) is 13.0. The van der Waals surface area contributed by atoms with Crippen molar-refractivity contribution in [3.05, 3.63) is 42.7 Å². The summed E-state index contributed by atoms with van der Waals surface area (Å²) >= 11 is 0. The smallest absolute Gasteiger partial charge is 0.243 e. The number of likely N-dealkylation sites (N-methyl/N-ethyl adjacent to an activating group) is 1. The third-order valence-electron chi connectivity index (χ3n) is 3.10. The number of hydrogen-bond acceptors (Lipinski definition) is 5. The largest absolute Gasteiger partial charge is 0.313 e. The summed E-state index contributed by atoms with van der Waals surface area (Å²) in [5.74, 6) is 0.501. The summed E-state index contributed by atoms with van der Waals surface area (Å²) in [7, 11) is -3.59. The second-order valence-corrected chi connectivity index (χ2v) is 6.69. The standard InChI is InChI=1S/C15H20N4O2S/c1-3-16-12(2)9-19-22(20,21)14-10-17-15(18-11-14)13-7-5-4-6-8-13/h4-8,10-12,16,19H,3,9H2,1-2H3/t12-/m1/s1. The van der Waals surface area contributed by atoms with Crippen molar-refractivity contribution < 1.29 is 8.42 Å². The van der Waals surface area contributed by atoms with E-state index in [1.807, 2.05) is 44.2 Å². The Bertz CT molecular complexity index is 687. The van der Waals surface area contributed by atoms with E-state index in [-0.39, 0.29) is 10.9 Å². The molecule has 0 saturated heterocycles. The highest BCUT2D eigenvalue weighted by Crippen LogP contribution is 2.14. The minimum Gasteiger partial charge on any atom is -0.313 e. The Kier molecular flexibility index (Phi) is 5.59. The molecule has 0 radical (unpaired) electrons. The lowest BCUT2D eigenvalue weighted by atomic mass is 10.2. The van der Waals surface area contributed by atoms with Crippen molar-refractivity contribution in [1.29, 1.82) is 0 Å². The van der Waals surface area contributed by atoms with Gasteiger partial charge in [-0.1, -0.05) is 37.3 Å². The molecule has 6 nitrogen and oxygen atoms in total. The molecular formula is C15H20N4O2S. The zero-order valence-electron chi connectivity index (χ0n) is 12.7. The van der Waals surface area contributed by atoms with Crippen molar-refractivity contribution in [3.8, 4) is 11.4 Å². The van der Waals surface area contributed by atoms with Gasteiger partial charge in [0.15, 0.2) is 5.82 Å². The van der Waals surface area contributed by atoms with Gasteiger partial charge in [-0.3, -0.25) is 0 Å². The SMILES string of the molecule is CCN[C@H](C)CNS(=O)(=O)c1cnc(-c2ccccc2)nc1. The third kappa shape index (κ3) is 4.33. The fraction of sp³-hybridized carbons (Fsp3) is 0.333. The molecule has 1 heterocycles. The van der Waals surface area contributed by atoms with Crippen LogP contribution in [0.3, 0.4) is 0 Å². The van der Waals surface area contributed by atoms with Crippen LogP contribution in [0.2, 0.25) is 0 Å². The fourth-order valence-corrected chi connectivity index (χ4v) is 2.95. The molecule has 0 amide bonds. The first kappa shape index (κ1) is 16.5. The highest BCUT2D eigenvalue weighted by atomic mass is 32.2. The molecule has 2 N–H and O–H groups in total. The fourth-order valence-electron chi connectivity index (χ4n) is 1.93. The van der Waals surface area contributed by atoms with Crippen LogP contribution in [0.15, 0.2) is 47.6 Å². The number of benzene rings is 1. The molecule has 0 bridgehead atoms. The average Bonchev–Trinajstić information content (AvgIpc) is 2.54. The van der Waals surface area contributed by atoms with Crippen LogP contribution >= 0.6 is 0 Å². The van der Waals surface area contributed by atoms with Crippen molar-refractivity contribution in [2.75, 3.05) is 13.1 Å². The molecule has 1 aromatic carbocycles. The molecule has 118 valence electrons. The van der Waals surface area contributed by atoms with Crippen LogP contribution in [0.4, 0.5) is 0 Å². The second-order valence-electron chi connectivity index (χ2n) is 4.92. The molecule has 0 fully saturated rings. The molecule has 2 rings (SSSR count). The number of hydrogen-bond donors (Lipinski definition) is 2. The monoisotopic (exact) mass is 320 g/mol. The average molecular weight is 320 g/mol. The zero-order valence-corrected chi connectivity index (χ0v) is 13.5. The van der Waals surface area contributed by atoms with E-state index in [0.29, 0.717) is 12.4 Å². The minimum atomic E-state index is -3.59. The van der Waals surface area contributed by atoms with E-state index in [0.717, 1.165) is 12.1 Å². The first-order valence-corrected chi connectivity index (χ1v) is 8.61. The van der Waals surface area contributed by atoms with E-state index in [9.17, 15) is 8.42 Å². The summed E-state index contributed by atoms with van der Waals surface area (Å²) in [6.07, 6.45) is 2.66. The summed E-state index contributed by atoms with van der Waals surface area (Å²) in [4.78, 5) is 8.33. The van der Waals surface area contributed by atoms with Crippen LogP contribution in [-0.4, -0.2) is 37.5 Å². The van der Waals surface area contributed by atoms with Crippen molar-refractivity contribution in [1.82, 2.24) is 20.0 Å². The highest BCUT2D eigenvalue weighted by molar-refractivity contribution is 7.89. The Labute approximate surface area is 131 Å². The summed E-state index contributed by atoms with van der Waals surface area (Å²) in [5.41, 5.74) is 0.847. The first-order valence-electron chi connectivity index (χ1n) is 7.13. The summed E-state index contributed by atoms with van der Waals surface area (Å²) < 4.78 is 26.9. The van der Waals surface area contributed by atoms with Crippen LogP contribution < -0.4 is 10.0 Å². The predicted octanol–water partition coefficient (Wildman–Crippen LogP) is 1.42. The van der Waals surface area contributed by atoms with Gasteiger partial charge in [0.25, 0.3) is 0 Å². The van der Waals surface area contributed by atoms with E-state index >= 15 is 0 Å². The summed E-state index contributed by atoms with van der Waals surface area (Å²) in [6.45, 7) is 5.00. The number of nitrogens with one attached hydrogen (secondary N) is 2. The van der Waals surface area contributed by atoms with Crippen molar-refractivity contribution >= 4 is 10.0 Å². The molecule has 1 atom stereocenters. The van der Waals surface area contributed by atoms with E-state index in [1.54, 1.807) is 0 Å². The van der Waals surface area contributed by atoms with Gasteiger partial charge in [-0.05, 0) is 13.5 Å². The van der Waals surface area contributed by atoms with Gasteiger partial charge in [0.05, 0.1) is 12.4 Å². The topological polar surface area (TPSA) is 84.0 Å². The molecule has 0 aliphatic rings. The van der Waals surface area contributed by atoms with Gasteiger partial charge in [-0.15, -0.1) is 0 Å². The number of aromatic nitrogens is 2. The molecule has 0 spiro atoms. The molecule has 0 aliphatic heterocycles. The van der Waals surface area contributed by atoms with Gasteiger partial charge in [0.2, 0.25) is 10.0 Å². The van der Waals surface area contributed by atoms with Crippen molar-refractivity contribution in [2.24, 2.45) is 0 Å². The van der Waals surface area contributed by atoms with Gasteiger partial charge >= 0.3 is 0 Å². The first-order chi connectivity index (χ1) is 10.5. The number of sulfonamides is 1. The Morgan fingerprint density at radius 3 is 2.36 bits per heavy atom. The van der Waals surface area contributed by atoms with E-state index in [1.165, 1.54) is 12.4 Å². The summed E-state index contributed by atoms with van der Waals surface area (Å²) in [5, 5.41) is 3.14. The lowest BCUT2D eigenvalue weighted by molar-refractivity contribution is 0.536. The predicted molar refractivity (Wildman–Crippen MR) is 85.8 cm³/mol. The maximum atomic E-state index is 12.2. The van der Waals surface area contributed by atoms with Crippen molar-refractivity contribution in [2.45, 2.75) is 24.8 Å². The van der Waals surface area contributed by atoms with E-state index < -0.39 is 10.0 Å². The van der Waals surface area contributed by atoms with Crippen LogP contribution in [0.25, 0.3) is 11.4 Å². The van der Waals surface area contributed by atoms with Crippen LogP contribution in [0.1, 0.15) is 13.8 Å². The molecule has 0 saturated carbocycles. The van der Waals surface area contributed by atoms with Gasteiger partial charge < -0.3 is 5.32 Å². The number of nitrogens with zero attached hydrogens (tertiary/aromatic N) is 2.